The van der Waals surface area contributed by atoms with Gasteiger partial charge in [0.15, 0.2) is 0 Å². The van der Waals surface area contributed by atoms with E-state index in [-0.39, 0.29) is 12.6 Å². The zero-order chi connectivity index (χ0) is 11.8. The van der Waals surface area contributed by atoms with Gasteiger partial charge < -0.3 is 15.0 Å². The Kier molecular flexibility index (Phi) is 5.77. The van der Waals surface area contributed by atoms with Gasteiger partial charge in [-0.2, -0.15) is 11.8 Å². The van der Waals surface area contributed by atoms with E-state index in [2.05, 4.69) is 11.9 Å². The van der Waals surface area contributed by atoms with Crippen molar-refractivity contribution in [1.29, 1.82) is 0 Å². The van der Waals surface area contributed by atoms with Crippen molar-refractivity contribution in [3.8, 4) is 0 Å². The molecule has 0 spiro atoms. The molecule has 5 nitrogen and oxygen atoms in total. The van der Waals surface area contributed by atoms with Crippen LogP contribution in [0, 0.1) is 0 Å². The summed E-state index contributed by atoms with van der Waals surface area (Å²) in [5, 5.41) is 2.70. The highest BCUT2D eigenvalue weighted by molar-refractivity contribution is 7.99. The van der Waals surface area contributed by atoms with Crippen LogP contribution in [0.3, 0.4) is 0 Å². The van der Waals surface area contributed by atoms with E-state index in [1.807, 2.05) is 11.8 Å². The molecule has 0 unspecified atom stereocenters. The summed E-state index contributed by atoms with van der Waals surface area (Å²) in [4.78, 5) is 24.0. The van der Waals surface area contributed by atoms with Gasteiger partial charge in [-0.15, -0.1) is 0 Å². The molecule has 0 aromatic carbocycles. The zero-order valence-corrected chi connectivity index (χ0v) is 9.92. The molecule has 0 aliphatic carbocycles. The van der Waals surface area contributed by atoms with Crippen molar-refractivity contribution < 1.29 is 14.3 Å². The molecule has 1 saturated heterocycles. The molecule has 0 saturated carbocycles. The fourth-order valence-corrected chi connectivity index (χ4v) is 2.15. The number of urea groups is 1. The average Bonchev–Trinajstić information content (AvgIpc) is 2.35. The average molecular weight is 244 g/mol. The molecule has 6 heteroatoms. The van der Waals surface area contributed by atoms with Gasteiger partial charge in [-0.05, 0) is 0 Å². The molecule has 0 bridgehead atoms. The highest BCUT2D eigenvalue weighted by atomic mass is 32.2. The maximum Gasteiger partial charge on any atom is 0.330 e. The number of nitrogens with one attached hydrogen (secondary N) is 1. The number of carbonyl (C=O) groups is 2. The number of rotatable bonds is 4. The maximum atomic E-state index is 11.6. The van der Waals surface area contributed by atoms with Crippen LogP contribution in [0.15, 0.2) is 12.7 Å². The lowest BCUT2D eigenvalue weighted by Crippen LogP contribution is -2.45. The largest absolute Gasteiger partial charge is 0.461 e. The van der Waals surface area contributed by atoms with Gasteiger partial charge in [-0.25, -0.2) is 9.59 Å². The number of hydrogen-bond donors (Lipinski definition) is 1. The van der Waals surface area contributed by atoms with Crippen molar-refractivity contribution in [2.45, 2.75) is 0 Å². The zero-order valence-electron chi connectivity index (χ0n) is 9.11. The predicted molar refractivity (Wildman–Crippen MR) is 63.5 cm³/mol. The molecule has 1 aliphatic rings. The monoisotopic (exact) mass is 244 g/mol. The lowest BCUT2D eigenvalue weighted by Gasteiger charge is -2.26. The number of nitrogens with zero attached hydrogens (tertiary/aromatic N) is 1. The standard InChI is InChI=1S/C10H16N2O3S/c1-2-9(13)15-6-3-11-10(14)12-4-7-16-8-5-12/h2H,1,3-8H2,(H,11,14). The lowest BCUT2D eigenvalue weighted by atomic mass is 10.5. The molecule has 2 amide bonds. The summed E-state index contributed by atoms with van der Waals surface area (Å²) in [5.41, 5.74) is 0. The van der Waals surface area contributed by atoms with E-state index in [1.165, 1.54) is 0 Å². The van der Waals surface area contributed by atoms with E-state index in [0.717, 1.165) is 30.7 Å². The predicted octanol–water partition coefficient (Wildman–Crippen LogP) is 0.474. The van der Waals surface area contributed by atoms with Gasteiger partial charge in [0.05, 0.1) is 6.54 Å². The molecule has 0 aromatic rings. The molecule has 1 N–H and O–H groups in total. The number of amides is 2. The molecule has 90 valence electrons. The second-order valence-corrected chi connectivity index (χ2v) is 4.43. The highest BCUT2D eigenvalue weighted by Gasteiger charge is 2.15. The first-order chi connectivity index (χ1) is 7.74. The minimum Gasteiger partial charge on any atom is -0.461 e. The van der Waals surface area contributed by atoms with E-state index in [4.69, 9.17) is 4.74 Å². The second-order valence-electron chi connectivity index (χ2n) is 3.20. The van der Waals surface area contributed by atoms with Gasteiger partial charge in [0.2, 0.25) is 0 Å². The van der Waals surface area contributed by atoms with Gasteiger partial charge in [0, 0.05) is 30.7 Å². The van der Waals surface area contributed by atoms with Crippen LogP contribution < -0.4 is 5.32 Å². The third-order valence-electron chi connectivity index (χ3n) is 2.09. The number of hydrogen-bond acceptors (Lipinski definition) is 4. The summed E-state index contributed by atoms with van der Waals surface area (Å²) in [6.45, 7) is 5.35. The fraction of sp³-hybridized carbons (Fsp3) is 0.600. The third kappa shape index (κ3) is 4.57. The van der Waals surface area contributed by atoms with Crippen LogP contribution in [0.2, 0.25) is 0 Å². The van der Waals surface area contributed by atoms with Crippen molar-refractivity contribution in [3.05, 3.63) is 12.7 Å². The van der Waals surface area contributed by atoms with Crippen molar-refractivity contribution >= 4 is 23.8 Å². The Labute approximate surface area is 99.2 Å². The lowest BCUT2D eigenvalue weighted by molar-refractivity contribution is -0.137. The molecule has 0 aromatic heterocycles. The summed E-state index contributed by atoms with van der Waals surface area (Å²) in [6, 6.07) is -0.0880. The number of esters is 1. The smallest absolute Gasteiger partial charge is 0.330 e. The Morgan fingerprint density at radius 2 is 2.12 bits per heavy atom. The molecular weight excluding hydrogens is 228 g/mol. The minimum atomic E-state index is -0.469. The van der Waals surface area contributed by atoms with Crippen molar-refractivity contribution in [3.63, 3.8) is 0 Å². The van der Waals surface area contributed by atoms with Crippen molar-refractivity contribution in [2.24, 2.45) is 0 Å². The van der Waals surface area contributed by atoms with Gasteiger partial charge in [0.1, 0.15) is 6.61 Å². The van der Waals surface area contributed by atoms with E-state index < -0.39 is 5.97 Å². The Morgan fingerprint density at radius 1 is 1.44 bits per heavy atom. The van der Waals surface area contributed by atoms with Crippen molar-refractivity contribution in [1.82, 2.24) is 10.2 Å². The molecule has 1 fully saturated rings. The Balaban J connectivity index is 2.09. The summed E-state index contributed by atoms with van der Waals surface area (Å²) in [7, 11) is 0. The first kappa shape index (κ1) is 12.9. The van der Waals surface area contributed by atoms with Gasteiger partial charge in [-0.1, -0.05) is 6.58 Å². The number of carbonyl (C=O) groups excluding carboxylic acids is 2. The van der Waals surface area contributed by atoms with E-state index in [0.29, 0.717) is 6.54 Å². The summed E-state index contributed by atoms with van der Waals surface area (Å²) >= 11 is 1.85. The van der Waals surface area contributed by atoms with Gasteiger partial charge >= 0.3 is 12.0 Å². The van der Waals surface area contributed by atoms with Crippen LogP contribution in [-0.4, -0.2) is 54.6 Å². The summed E-state index contributed by atoms with van der Waals surface area (Å²) in [5.74, 6) is 1.50. The molecular formula is C10H16N2O3S. The molecule has 16 heavy (non-hydrogen) atoms. The van der Waals surface area contributed by atoms with Gasteiger partial charge in [0.25, 0.3) is 0 Å². The molecule has 1 rings (SSSR count). The van der Waals surface area contributed by atoms with Crippen LogP contribution in [-0.2, 0) is 9.53 Å². The van der Waals surface area contributed by atoms with Crippen LogP contribution >= 0.6 is 11.8 Å². The second kappa shape index (κ2) is 7.16. The Hall–Kier alpha value is -1.17. The summed E-state index contributed by atoms with van der Waals surface area (Å²) < 4.78 is 4.73. The summed E-state index contributed by atoms with van der Waals surface area (Å²) in [6.07, 6.45) is 1.10. The van der Waals surface area contributed by atoms with Crippen LogP contribution in [0.5, 0.6) is 0 Å². The van der Waals surface area contributed by atoms with Crippen LogP contribution in [0.1, 0.15) is 0 Å². The van der Waals surface area contributed by atoms with E-state index >= 15 is 0 Å². The molecule has 1 aliphatic heterocycles. The highest BCUT2D eigenvalue weighted by Crippen LogP contribution is 2.08. The van der Waals surface area contributed by atoms with Gasteiger partial charge in [-0.3, -0.25) is 0 Å². The first-order valence-corrected chi connectivity index (χ1v) is 6.29. The molecule has 0 atom stereocenters. The van der Waals surface area contributed by atoms with E-state index in [9.17, 15) is 9.59 Å². The maximum absolute atomic E-state index is 11.6. The first-order valence-electron chi connectivity index (χ1n) is 5.13. The Morgan fingerprint density at radius 3 is 2.75 bits per heavy atom. The van der Waals surface area contributed by atoms with Crippen molar-refractivity contribution in [2.75, 3.05) is 37.7 Å². The molecule has 0 radical (unpaired) electrons. The van der Waals surface area contributed by atoms with Crippen LogP contribution in [0.25, 0.3) is 0 Å². The quantitative estimate of drug-likeness (QED) is 0.444. The number of thioether (sulfide) groups is 1. The number of ether oxygens (including phenoxy) is 1. The third-order valence-corrected chi connectivity index (χ3v) is 3.03. The van der Waals surface area contributed by atoms with E-state index in [1.54, 1.807) is 4.90 Å². The molecule has 1 heterocycles. The fourth-order valence-electron chi connectivity index (χ4n) is 1.25. The normalized spacial score (nSPS) is 15.4. The topological polar surface area (TPSA) is 58.6 Å². The minimum absolute atomic E-state index is 0.0880. The van der Waals surface area contributed by atoms with Crippen LogP contribution in [0.4, 0.5) is 4.79 Å². The Bertz CT molecular complexity index is 265. The SMILES string of the molecule is C=CC(=O)OCCNC(=O)N1CCSCC1.